The zero-order chi connectivity index (χ0) is 21.2. The number of ether oxygens (including phenoxy) is 1. The van der Waals surface area contributed by atoms with E-state index in [0.29, 0.717) is 12.2 Å². The number of aliphatic carboxylic acids is 2. The Morgan fingerprint density at radius 1 is 1.24 bits per heavy atom. The average molecular weight is 400 g/mol. The Hall–Kier alpha value is -2.93. The van der Waals surface area contributed by atoms with Gasteiger partial charge in [-0.05, 0) is 74.0 Å². The molecule has 3 N–H and O–H groups in total. The maximum Gasteiger partial charge on any atom is 0.328 e. The molecule has 1 aliphatic heterocycles. The Balaban J connectivity index is 0.000000321. The number of hydrogen-bond acceptors (Lipinski definition) is 5. The third kappa shape index (κ3) is 7.19. The van der Waals surface area contributed by atoms with Crippen LogP contribution >= 0.6 is 0 Å². The van der Waals surface area contributed by atoms with Crippen LogP contribution in [0, 0.1) is 11.8 Å². The second-order valence-electron chi connectivity index (χ2n) is 7.13. The summed E-state index contributed by atoms with van der Waals surface area (Å²) in [4.78, 5) is 23.6. The van der Waals surface area contributed by atoms with Crippen molar-refractivity contribution in [2.24, 2.45) is 11.8 Å². The van der Waals surface area contributed by atoms with Crippen molar-refractivity contribution in [2.45, 2.75) is 26.2 Å². The number of aromatic nitrogens is 1. The normalized spacial score (nSPS) is 18.8. The summed E-state index contributed by atoms with van der Waals surface area (Å²) in [6.07, 6.45) is 6.73. The number of benzene rings is 1. The maximum atomic E-state index is 9.55. The first kappa shape index (κ1) is 22.4. The fraction of sp³-hybridized carbons (Fsp3) is 0.409. The molecule has 2 atom stereocenters. The number of nitrogens with zero attached hydrogens (tertiary/aromatic N) is 1. The van der Waals surface area contributed by atoms with Crippen LogP contribution in [0.15, 0.2) is 42.6 Å². The highest BCUT2D eigenvalue weighted by molar-refractivity contribution is 5.89. The molecule has 2 aromatic rings. The van der Waals surface area contributed by atoms with Crippen LogP contribution in [0.2, 0.25) is 0 Å². The van der Waals surface area contributed by atoms with Gasteiger partial charge in [-0.15, -0.1) is 0 Å². The van der Waals surface area contributed by atoms with Crippen LogP contribution < -0.4 is 10.1 Å². The lowest BCUT2D eigenvalue weighted by Gasteiger charge is -2.29. The van der Waals surface area contributed by atoms with E-state index in [0.717, 1.165) is 36.1 Å². The Kier molecular flexibility index (Phi) is 8.61. The Labute approximate surface area is 170 Å². The quantitative estimate of drug-likeness (QED) is 0.639. The number of carboxylic acid groups (broad SMARTS) is 2. The lowest BCUT2D eigenvalue weighted by Crippen LogP contribution is -2.35. The minimum atomic E-state index is -1.26. The van der Waals surface area contributed by atoms with Gasteiger partial charge >= 0.3 is 11.9 Å². The van der Waals surface area contributed by atoms with Crippen LogP contribution in [0.1, 0.15) is 25.3 Å². The third-order valence-corrected chi connectivity index (χ3v) is 5.15. The van der Waals surface area contributed by atoms with Crippen molar-refractivity contribution in [3.05, 3.63) is 48.2 Å². The van der Waals surface area contributed by atoms with Crippen molar-refractivity contribution in [3.63, 3.8) is 0 Å². The first-order valence-corrected chi connectivity index (χ1v) is 9.67. The predicted octanol–water partition coefficient (Wildman–Crippen LogP) is 3.13. The summed E-state index contributed by atoms with van der Waals surface area (Å²) in [5, 5.41) is 20.3. The van der Waals surface area contributed by atoms with Gasteiger partial charge in [-0.3, -0.25) is 4.98 Å². The van der Waals surface area contributed by atoms with Crippen LogP contribution in [-0.4, -0.2) is 47.3 Å². The maximum absolute atomic E-state index is 9.55. The van der Waals surface area contributed by atoms with Crippen molar-refractivity contribution in [1.29, 1.82) is 0 Å². The van der Waals surface area contributed by atoms with Crippen LogP contribution in [0.5, 0.6) is 5.75 Å². The number of piperidine rings is 1. The number of pyridine rings is 1. The van der Waals surface area contributed by atoms with Gasteiger partial charge in [0.15, 0.2) is 0 Å². The highest BCUT2D eigenvalue weighted by Crippen LogP contribution is 2.27. The molecule has 7 nitrogen and oxygen atoms in total. The van der Waals surface area contributed by atoms with Gasteiger partial charge in [-0.1, -0.05) is 6.92 Å². The molecule has 1 aliphatic rings. The number of methoxy groups -OCH3 is 1. The zero-order valence-electron chi connectivity index (χ0n) is 16.8. The van der Waals surface area contributed by atoms with Crippen LogP contribution in [0.3, 0.4) is 0 Å². The highest BCUT2D eigenvalue weighted by atomic mass is 16.5. The summed E-state index contributed by atoms with van der Waals surface area (Å²) in [7, 11) is 1.72. The van der Waals surface area contributed by atoms with E-state index in [2.05, 4.69) is 29.4 Å². The topological polar surface area (TPSA) is 109 Å². The van der Waals surface area contributed by atoms with E-state index in [1.54, 1.807) is 7.11 Å². The van der Waals surface area contributed by atoms with E-state index in [9.17, 15) is 9.59 Å². The average Bonchev–Trinajstić information content (AvgIpc) is 2.71. The lowest BCUT2D eigenvalue weighted by atomic mass is 9.83. The molecule has 2 unspecified atom stereocenters. The minimum Gasteiger partial charge on any atom is -0.497 e. The van der Waals surface area contributed by atoms with Crippen molar-refractivity contribution in [2.75, 3.05) is 20.2 Å². The summed E-state index contributed by atoms with van der Waals surface area (Å²) in [5.74, 6) is 0.00763. The third-order valence-electron chi connectivity index (χ3n) is 5.15. The molecule has 0 amide bonds. The predicted molar refractivity (Wildman–Crippen MR) is 111 cm³/mol. The SMILES string of the molecule is COc1ccc2nccc(CCC3CCNCC3C)c2c1.O=C(O)/C=C/C(=O)O. The van der Waals surface area contributed by atoms with Crippen LogP contribution in [-0.2, 0) is 16.0 Å². The highest BCUT2D eigenvalue weighted by Gasteiger charge is 2.20. The summed E-state index contributed by atoms with van der Waals surface area (Å²) in [5.41, 5.74) is 2.45. The summed E-state index contributed by atoms with van der Waals surface area (Å²) in [6, 6.07) is 8.30. The van der Waals surface area contributed by atoms with Crippen molar-refractivity contribution in [3.8, 4) is 5.75 Å². The van der Waals surface area contributed by atoms with E-state index in [-0.39, 0.29) is 0 Å². The van der Waals surface area contributed by atoms with Gasteiger partial charge in [0.25, 0.3) is 0 Å². The summed E-state index contributed by atoms with van der Waals surface area (Å²) in [6.45, 7) is 4.69. The Morgan fingerprint density at radius 2 is 1.97 bits per heavy atom. The van der Waals surface area contributed by atoms with Crippen molar-refractivity contribution in [1.82, 2.24) is 10.3 Å². The van der Waals surface area contributed by atoms with E-state index < -0.39 is 11.9 Å². The molecule has 0 radical (unpaired) electrons. The van der Waals surface area contributed by atoms with E-state index in [1.165, 1.54) is 30.3 Å². The molecule has 156 valence electrons. The number of carbonyl (C=O) groups is 2. The van der Waals surface area contributed by atoms with Crippen molar-refractivity contribution < 1.29 is 24.5 Å². The number of fused-ring (bicyclic) bond motifs is 1. The molecule has 0 aliphatic carbocycles. The second kappa shape index (κ2) is 11.2. The van der Waals surface area contributed by atoms with Gasteiger partial charge in [-0.2, -0.15) is 0 Å². The number of aryl methyl sites for hydroxylation is 1. The van der Waals surface area contributed by atoms with Crippen molar-refractivity contribution >= 4 is 22.8 Å². The number of nitrogens with one attached hydrogen (secondary N) is 1. The first-order valence-electron chi connectivity index (χ1n) is 9.67. The molecule has 1 aromatic carbocycles. The van der Waals surface area contributed by atoms with Gasteiger partial charge in [0, 0.05) is 23.7 Å². The molecule has 3 rings (SSSR count). The molecule has 1 saturated heterocycles. The monoisotopic (exact) mass is 400 g/mol. The van der Waals surface area contributed by atoms with Crippen LogP contribution in [0.4, 0.5) is 0 Å². The molecule has 0 bridgehead atoms. The molecular formula is C22H28N2O5. The van der Waals surface area contributed by atoms with Gasteiger partial charge < -0.3 is 20.3 Å². The fourth-order valence-corrected chi connectivity index (χ4v) is 3.51. The minimum absolute atomic E-state index is 0.558. The lowest BCUT2D eigenvalue weighted by molar-refractivity contribution is -0.134. The molecule has 7 heteroatoms. The summed E-state index contributed by atoms with van der Waals surface area (Å²) < 4.78 is 5.35. The molecule has 2 heterocycles. The van der Waals surface area contributed by atoms with Crippen LogP contribution in [0.25, 0.3) is 10.9 Å². The number of hydrogen-bond donors (Lipinski definition) is 3. The second-order valence-corrected chi connectivity index (χ2v) is 7.13. The zero-order valence-corrected chi connectivity index (χ0v) is 16.8. The first-order chi connectivity index (χ1) is 13.9. The molecule has 29 heavy (non-hydrogen) atoms. The van der Waals surface area contributed by atoms with E-state index >= 15 is 0 Å². The Morgan fingerprint density at radius 3 is 2.59 bits per heavy atom. The molecular weight excluding hydrogens is 372 g/mol. The fourth-order valence-electron chi connectivity index (χ4n) is 3.51. The smallest absolute Gasteiger partial charge is 0.328 e. The molecule has 0 spiro atoms. The number of rotatable bonds is 6. The van der Waals surface area contributed by atoms with E-state index in [1.807, 2.05) is 18.3 Å². The van der Waals surface area contributed by atoms with Gasteiger partial charge in [0.05, 0.1) is 12.6 Å². The molecule has 0 saturated carbocycles. The van der Waals surface area contributed by atoms with Gasteiger partial charge in [0.2, 0.25) is 0 Å². The van der Waals surface area contributed by atoms with Gasteiger partial charge in [-0.25, -0.2) is 9.59 Å². The summed E-state index contributed by atoms with van der Waals surface area (Å²) >= 11 is 0. The largest absolute Gasteiger partial charge is 0.497 e. The van der Waals surface area contributed by atoms with E-state index in [4.69, 9.17) is 14.9 Å². The van der Waals surface area contributed by atoms with Gasteiger partial charge in [0.1, 0.15) is 5.75 Å². The molecule has 1 aromatic heterocycles. The standard InChI is InChI=1S/C18H24N2O.C4H4O4/c1-13-12-19-9-7-14(13)3-4-15-8-10-20-18-6-5-16(21-2)11-17(15)18;5-3(6)1-2-4(7)8/h5-6,8,10-11,13-14,19H,3-4,7,9,12H2,1-2H3;1-2H,(H,5,6)(H,7,8)/b;2-1+. The molecule has 1 fully saturated rings. The number of carboxylic acids is 2. The Bertz CT molecular complexity index is 849.